The van der Waals surface area contributed by atoms with Crippen LogP contribution in [0.5, 0.6) is 0 Å². The van der Waals surface area contributed by atoms with Gasteiger partial charge in [0.2, 0.25) is 0 Å². The van der Waals surface area contributed by atoms with Crippen LogP contribution in [0.4, 0.5) is 0 Å². The van der Waals surface area contributed by atoms with Crippen LogP contribution in [0.3, 0.4) is 0 Å². The number of β-amino-alcohol motifs (C(OH)–C–C–N with tert-alkyl or cyclic N) is 1. The Morgan fingerprint density at radius 1 is 1.26 bits per heavy atom. The van der Waals surface area contributed by atoms with Crippen molar-refractivity contribution in [3.05, 3.63) is 0 Å². The molecular formula is C11H24N2O5S. The third kappa shape index (κ3) is 5.72. The van der Waals surface area contributed by atoms with Crippen LogP contribution in [0.1, 0.15) is 19.8 Å². The predicted octanol–water partition coefficient (Wildman–Crippen LogP) is -0.981. The fourth-order valence-corrected chi connectivity index (χ4v) is 3.26. The zero-order valence-corrected chi connectivity index (χ0v) is 12.2. The van der Waals surface area contributed by atoms with E-state index in [9.17, 15) is 8.42 Å². The summed E-state index contributed by atoms with van der Waals surface area (Å²) < 4.78 is 28.3. The highest BCUT2D eigenvalue weighted by atomic mass is 32.2. The van der Waals surface area contributed by atoms with Gasteiger partial charge in [0.15, 0.2) is 0 Å². The maximum absolute atomic E-state index is 11.6. The van der Waals surface area contributed by atoms with E-state index in [-0.39, 0.29) is 25.0 Å². The Balaban J connectivity index is 2.55. The monoisotopic (exact) mass is 296 g/mol. The van der Waals surface area contributed by atoms with Gasteiger partial charge in [-0.25, -0.2) is 0 Å². The second kappa shape index (κ2) is 8.13. The van der Waals surface area contributed by atoms with Crippen molar-refractivity contribution in [2.45, 2.75) is 25.8 Å². The second-order valence-corrected chi connectivity index (χ2v) is 6.32. The van der Waals surface area contributed by atoms with E-state index >= 15 is 0 Å². The molecule has 0 spiro atoms. The minimum atomic E-state index is -3.50. The molecule has 0 aromatic carbocycles. The summed E-state index contributed by atoms with van der Waals surface area (Å²) in [5.41, 5.74) is 0. The average molecular weight is 296 g/mol. The number of hydrogen-bond acceptors (Lipinski definition) is 7. The van der Waals surface area contributed by atoms with Gasteiger partial charge < -0.3 is 10.2 Å². The molecule has 1 rings (SSSR count). The van der Waals surface area contributed by atoms with Crippen molar-refractivity contribution < 1.29 is 22.9 Å². The van der Waals surface area contributed by atoms with Gasteiger partial charge in [-0.05, 0) is 12.8 Å². The van der Waals surface area contributed by atoms with Crippen molar-refractivity contribution in [1.29, 1.82) is 0 Å². The number of rotatable bonds is 8. The largest absolute Gasteiger partial charge is 0.396 e. The molecule has 1 atom stereocenters. The maximum atomic E-state index is 11.6. The summed E-state index contributed by atoms with van der Waals surface area (Å²) in [6, 6.07) is 0.00252. The lowest BCUT2D eigenvalue weighted by atomic mass is 10.1. The van der Waals surface area contributed by atoms with Crippen molar-refractivity contribution in [2.24, 2.45) is 0 Å². The Morgan fingerprint density at radius 3 is 2.58 bits per heavy atom. The molecule has 114 valence electrons. The molecule has 2 N–H and O–H groups in total. The molecular weight excluding hydrogens is 272 g/mol. The number of piperazine rings is 1. The number of aliphatic hydroxyl groups excluding tert-OH is 2. The van der Waals surface area contributed by atoms with Crippen LogP contribution in [0.25, 0.3) is 0 Å². The Bertz CT molecular complexity index is 349. The van der Waals surface area contributed by atoms with Gasteiger partial charge in [0, 0.05) is 38.8 Å². The minimum Gasteiger partial charge on any atom is -0.396 e. The summed E-state index contributed by atoms with van der Waals surface area (Å²) in [4.78, 5) is 2.04. The van der Waals surface area contributed by atoms with Gasteiger partial charge in [0.05, 0.1) is 12.4 Å². The van der Waals surface area contributed by atoms with Gasteiger partial charge in [0.1, 0.15) is 0 Å². The molecule has 1 aliphatic rings. The molecule has 0 saturated carbocycles. The predicted molar refractivity (Wildman–Crippen MR) is 70.9 cm³/mol. The lowest BCUT2D eigenvalue weighted by Gasteiger charge is -2.39. The molecule has 1 fully saturated rings. The van der Waals surface area contributed by atoms with Gasteiger partial charge in [-0.1, -0.05) is 6.92 Å². The van der Waals surface area contributed by atoms with Gasteiger partial charge in [-0.3, -0.25) is 4.90 Å². The molecule has 1 aliphatic heterocycles. The number of aliphatic hydroxyl groups is 2. The highest BCUT2D eigenvalue weighted by Gasteiger charge is 2.29. The molecule has 1 heterocycles. The maximum Gasteiger partial charge on any atom is 0.283 e. The molecule has 0 aliphatic carbocycles. The van der Waals surface area contributed by atoms with Crippen LogP contribution in [0.2, 0.25) is 0 Å². The summed E-state index contributed by atoms with van der Waals surface area (Å²) in [5, 5.41) is 19.5. The fourth-order valence-electron chi connectivity index (χ4n) is 2.23. The lowest BCUT2D eigenvalue weighted by molar-refractivity contribution is -0.106. The van der Waals surface area contributed by atoms with Crippen LogP contribution in [-0.4, -0.2) is 79.8 Å². The molecule has 1 unspecified atom stereocenters. The summed E-state index contributed by atoms with van der Waals surface area (Å²) in [6.45, 7) is 3.91. The van der Waals surface area contributed by atoms with E-state index in [0.717, 1.165) is 0 Å². The molecule has 0 bridgehead atoms. The Hall–Kier alpha value is -0.250. The molecule has 19 heavy (non-hydrogen) atoms. The Morgan fingerprint density at radius 2 is 2.00 bits per heavy atom. The third-order valence-electron chi connectivity index (χ3n) is 3.09. The molecule has 0 aromatic rings. The Labute approximate surface area is 114 Å². The van der Waals surface area contributed by atoms with Crippen molar-refractivity contribution in [2.75, 3.05) is 45.1 Å². The summed E-state index contributed by atoms with van der Waals surface area (Å²) >= 11 is 0. The van der Waals surface area contributed by atoms with Crippen LogP contribution in [0, 0.1) is 0 Å². The second-order valence-electron chi connectivity index (χ2n) is 4.65. The summed E-state index contributed by atoms with van der Waals surface area (Å²) in [5.74, 6) is 0.00845. The first-order chi connectivity index (χ1) is 9.02. The van der Waals surface area contributed by atoms with E-state index in [4.69, 9.17) is 14.5 Å². The van der Waals surface area contributed by atoms with E-state index in [1.54, 1.807) is 6.92 Å². The zero-order valence-electron chi connectivity index (χ0n) is 11.4. The SMILES string of the molecule is CCCS(=O)(=O)ON1CCN(CCO)C(CCO)C1. The lowest BCUT2D eigenvalue weighted by Crippen LogP contribution is -2.54. The average Bonchev–Trinajstić information content (AvgIpc) is 2.32. The topological polar surface area (TPSA) is 90.3 Å². The third-order valence-corrected chi connectivity index (χ3v) is 4.44. The van der Waals surface area contributed by atoms with Crippen LogP contribution in [0.15, 0.2) is 0 Å². The van der Waals surface area contributed by atoms with Gasteiger partial charge in [-0.15, -0.1) is 0 Å². The fraction of sp³-hybridized carbons (Fsp3) is 1.00. The van der Waals surface area contributed by atoms with E-state index in [0.29, 0.717) is 39.0 Å². The molecule has 0 aromatic heterocycles. The molecule has 1 saturated heterocycles. The number of hydroxylamine groups is 2. The summed E-state index contributed by atoms with van der Waals surface area (Å²) in [6.07, 6.45) is 1.06. The van der Waals surface area contributed by atoms with Crippen LogP contribution >= 0.6 is 0 Å². The normalized spacial score (nSPS) is 22.8. The van der Waals surface area contributed by atoms with Gasteiger partial charge in [0.25, 0.3) is 10.1 Å². The van der Waals surface area contributed by atoms with Crippen molar-refractivity contribution in [1.82, 2.24) is 9.96 Å². The number of hydrogen-bond donors (Lipinski definition) is 2. The van der Waals surface area contributed by atoms with E-state index < -0.39 is 10.1 Å². The molecule has 7 nitrogen and oxygen atoms in total. The molecule has 0 amide bonds. The van der Waals surface area contributed by atoms with E-state index in [1.165, 1.54) is 5.06 Å². The van der Waals surface area contributed by atoms with Gasteiger partial charge in [-0.2, -0.15) is 17.8 Å². The highest BCUT2D eigenvalue weighted by molar-refractivity contribution is 7.86. The van der Waals surface area contributed by atoms with Crippen molar-refractivity contribution in [3.8, 4) is 0 Å². The molecule has 0 radical (unpaired) electrons. The van der Waals surface area contributed by atoms with Gasteiger partial charge >= 0.3 is 0 Å². The van der Waals surface area contributed by atoms with Crippen molar-refractivity contribution in [3.63, 3.8) is 0 Å². The highest BCUT2D eigenvalue weighted by Crippen LogP contribution is 2.14. The van der Waals surface area contributed by atoms with Crippen LogP contribution < -0.4 is 0 Å². The van der Waals surface area contributed by atoms with Crippen LogP contribution in [-0.2, 0) is 14.4 Å². The summed E-state index contributed by atoms with van der Waals surface area (Å²) in [7, 11) is -3.50. The zero-order chi connectivity index (χ0) is 14.3. The quantitative estimate of drug-likeness (QED) is 0.595. The molecule has 8 heteroatoms. The first-order valence-corrected chi connectivity index (χ1v) is 8.23. The standard InChI is InChI=1S/C11H24N2O5S/c1-2-9-19(16,17)18-13-5-4-12(6-8-15)11(10-13)3-7-14/h11,14-15H,2-10H2,1H3. The first kappa shape index (κ1) is 16.8. The first-order valence-electron chi connectivity index (χ1n) is 6.65. The van der Waals surface area contributed by atoms with E-state index in [2.05, 4.69) is 0 Å². The number of nitrogens with zero attached hydrogens (tertiary/aromatic N) is 2. The van der Waals surface area contributed by atoms with E-state index in [1.807, 2.05) is 4.90 Å². The smallest absolute Gasteiger partial charge is 0.283 e. The minimum absolute atomic E-state index is 0.00252. The Kier molecular flexibility index (Phi) is 7.19. The van der Waals surface area contributed by atoms with Crippen molar-refractivity contribution >= 4 is 10.1 Å².